The van der Waals surface area contributed by atoms with Crippen molar-refractivity contribution in [2.24, 2.45) is 4.99 Å². The van der Waals surface area contributed by atoms with Crippen molar-refractivity contribution in [3.05, 3.63) is 70.6 Å². The van der Waals surface area contributed by atoms with Crippen LogP contribution in [0.4, 0.5) is 0 Å². The van der Waals surface area contributed by atoms with Crippen LogP contribution in [0.15, 0.2) is 59.6 Å². The summed E-state index contributed by atoms with van der Waals surface area (Å²) in [6, 6.07) is 17.5. The second-order valence-electron chi connectivity index (χ2n) is 6.55. The largest absolute Gasteiger partial charge is 0.386 e. The van der Waals surface area contributed by atoms with Gasteiger partial charge in [-0.05, 0) is 42.1 Å². The summed E-state index contributed by atoms with van der Waals surface area (Å²) in [5, 5.41) is 20.7. The number of carbonyl (C=O) groups excluding carboxylic acids is 1. The van der Waals surface area contributed by atoms with E-state index in [1.807, 2.05) is 37.3 Å². The normalized spacial score (nSPS) is 12.2. The van der Waals surface area contributed by atoms with E-state index in [0.717, 1.165) is 22.4 Å². The standard InChI is InChI=1S/C22H26N4O2S.HI/c1-3-24-22(25-13-15-8-10-16(11-9-15)21(28)23-2)26-14-18(27)20-12-17-6-4-5-7-19(17)29-20;/h4-12,18,27H,3,13-14H2,1-2H3,(H,23,28)(H2,24,25,26);1H. The number of guanidine groups is 1. The summed E-state index contributed by atoms with van der Waals surface area (Å²) in [7, 11) is 1.61. The molecule has 0 aliphatic heterocycles. The highest BCUT2D eigenvalue weighted by Gasteiger charge is 2.12. The molecular formula is C22H27IN4O2S. The molecule has 1 unspecified atom stereocenters. The molecule has 30 heavy (non-hydrogen) atoms. The molecule has 0 saturated carbocycles. The number of halogens is 1. The van der Waals surface area contributed by atoms with E-state index in [1.54, 1.807) is 30.5 Å². The number of aliphatic hydroxyl groups excluding tert-OH is 1. The first kappa shape index (κ1) is 24.1. The highest BCUT2D eigenvalue weighted by molar-refractivity contribution is 14.0. The highest BCUT2D eigenvalue weighted by atomic mass is 127. The van der Waals surface area contributed by atoms with Gasteiger partial charge in [0, 0.05) is 35.3 Å². The topological polar surface area (TPSA) is 85.8 Å². The zero-order chi connectivity index (χ0) is 20.6. The fourth-order valence-corrected chi connectivity index (χ4v) is 3.93. The Balaban J connectivity index is 0.00000320. The third-order valence-corrected chi connectivity index (χ3v) is 5.66. The van der Waals surface area contributed by atoms with Gasteiger partial charge < -0.3 is 21.1 Å². The van der Waals surface area contributed by atoms with E-state index >= 15 is 0 Å². The van der Waals surface area contributed by atoms with E-state index in [9.17, 15) is 9.90 Å². The fourth-order valence-electron chi connectivity index (χ4n) is 2.88. The number of hydrogen-bond donors (Lipinski definition) is 4. The molecule has 1 heterocycles. The Morgan fingerprint density at radius 1 is 1.13 bits per heavy atom. The van der Waals surface area contributed by atoms with Gasteiger partial charge >= 0.3 is 0 Å². The molecule has 1 amide bonds. The number of amides is 1. The van der Waals surface area contributed by atoms with Crippen molar-refractivity contribution in [1.82, 2.24) is 16.0 Å². The molecule has 2 aromatic carbocycles. The number of aliphatic hydroxyl groups is 1. The number of aliphatic imine (C=N–C) groups is 1. The second-order valence-corrected chi connectivity index (χ2v) is 7.67. The van der Waals surface area contributed by atoms with Crippen molar-refractivity contribution in [2.75, 3.05) is 20.1 Å². The fraction of sp³-hybridized carbons (Fsp3) is 0.273. The van der Waals surface area contributed by atoms with Crippen molar-refractivity contribution < 1.29 is 9.90 Å². The van der Waals surface area contributed by atoms with Crippen LogP contribution < -0.4 is 16.0 Å². The van der Waals surface area contributed by atoms with Crippen LogP contribution in [0.3, 0.4) is 0 Å². The molecule has 8 heteroatoms. The third-order valence-electron chi connectivity index (χ3n) is 4.44. The quantitative estimate of drug-likeness (QED) is 0.210. The Bertz CT molecular complexity index is 955. The van der Waals surface area contributed by atoms with E-state index in [0.29, 0.717) is 24.6 Å². The number of carbonyl (C=O) groups is 1. The van der Waals surface area contributed by atoms with Gasteiger partial charge in [-0.25, -0.2) is 4.99 Å². The highest BCUT2D eigenvalue weighted by Crippen LogP contribution is 2.29. The van der Waals surface area contributed by atoms with E-state index in [4.69, 9.17) is 0 Å². The van der Waals surface area contributed by atoms with Crippen LogP contribution in [0.25, 0.3) is 10.1 Å². The molecule has 0 spiro atoms. The first-order valence-electron chi connectivity index (χ1n) is 9.60. The molecule has 4 N–H and O–H groups in total. The van der Waals surface area contributed by atoms with E-state index < -0.39 is 6.10 Å². The smallest absolute Gasteiger partial charge is 0.251 e. The number of benzene rings is 2. The molecule has 0 fully saturated rings. The monoisotopic (exact) mass is 538 g/mol. The average Bonchev–Trinajstić information content (AvgIpc) is 3.19. The molecule has 0 radical (unpaired) electrons. The van der Waals surface area contributed by atoms with E-state index in [1.165, 1.54) is 4.70 Å². The molecule has 1 atom stereocenters. The van der Waals surface area contributed by atoms with Crippen molar-refractivity contribution in [3.63, 3.8) is 0 Å². The number of nitrogens with zero attached hydrogens (tertiary/aromatic N) is 1. The minimum atomic E-state index is -0.608. The van der Waals surface area contributed by atoms with Crippen molar-refractivity contribution in [2.45, 2.75) is 19.6 Å². The molecule has 0 saturated heterocycles. The van der Waals surface area contributed by atoms with Crippen LogP contribution in [0.5, 0.6) is 0 Å². The predicted octanol–water partition coefficient (Wildman–Crippen LogP) is 3.67. The van der Waals surface area contributed by atoms with Crippen molar-refractivity contribution in [1.29, 1.82) is 0 Å². The maximum atomic E-state index is 11.6. The van der Waals surface area contributed by atoms with Crippen LogP contribution in [0.2, 0.25) is 0 Å². The van der Waals surface area contributed by atoms with Gasteiger partial charge in [-0.3, -0.25) is 4.79 Å². The van der Waals surface area contributed by atoms with Crippen LogP contribution in [0.1, 0.15) is 33.8 Å². The van der Waals surface area contributed by atoms with Crippen molar-refractivity contribution in [3.8, 4) is 0 Å². The van der Waals surface area contributed by atoms with E-state index in [-0.39, 0.29) is 29.9 Å². The van der Waals surface area contributed by atoms with Gasteiger partial charge in [0.2, 0.25) is 0 Å². The molecule has 3 aromatic rings. The lowest BCUT2D eigenvalue weighted by Crippen LogP contribution is -2.39. The zero-order valence-corrected chi connectivity index (χ0v) is 20.2. The number of nitrogens with one attached hydrogen (secondary N) is 3. The number of fused-ring (bicyclic) bond motifs is 1. The molecule has 0 bridgehead atoms. The van der Waals surface area contributed by atoms with Gasteiger partial charge in [-0.2, -0.15) is 0 Å². The average molecular weight is 538 g/mol. The Labute approximate surface area is 197 Å². The summed E-state index contributed by atoms with van der Waals surface area (Å²) in [6.07, 6.45) is -0.608. The van der Waals surface area contributed by atoms with Gasteiger partial charge in [0.15, 0.2) is 5.96 Å². The van der Waals surface area contributed by atoms with Crippen LogP contribution in [-0.4, -0.2) is 37.1 Å². The summed E-state index contributed by atoms with van der Waals surface area (Å²) in [6.45, 7) is 3.56. The molecule has 3 rings (SSSR count). The predicted molar refractivity (Wildman–Crippen MR) is 135 cm³/mol. The van der Waals surface area contributed by atoms with Gasteiger partial charge in [-0.15, -0.1) is 35.3 Å². The Morgan fingerprint density at radius 3 is 2.53 bits per heavy atom. The molecule has 6 nitrogen and oxygen atoms in total. The van der Waals surface area contributed by atoms with Crippen LogP contribution in [-0.2, 0) is 6.54 Å². The Kier molecular flexibility index (Phi) is 9.54. The summed E-state index contributed by atoms with van der Waals surface area (Å²) in [5.74, 6) is 0.535. The Hall–Kier alpha value is -2.17. The molecule has 160 valence electrons. The zero-order valence-electron chi connectivity index (χ0n) is 17.0. The lowest BCUT2D eigenvalue weighted by molar-refractivity contribution is 0.0963. The molecular weight excluding hydrogens is 511 g/mol. The second kappa shape index (κ2) is 11.9. The molecule has 0 aliphatic carbocycles. The van der Waals surface area contributed by atoms with Crippen LogP contribution >= 0.6 is 35.3 Å². The minimum Gasteiger partial charge on any atom is -0.386 e. The lowest BCUT2D eigenvalue weighted by Gasteiger charge is -2.14. The van der Waals surface area contributed by atoms with Crippen LogP contribution in [0, 0.1) is 0 Å². The Morgan fingerprint density at radius 2 is 1.87 bits per heavy atom. The summed E-state index contributed by atoms with van der Waals surface area (Å²) in [4.78, 5) is 17.1. The maximum Gasteiger partial charge on any atom is 0.251 e. The maximum absolute atomic E-state index is 11.6. The van der Waals surface area contributed by atoms with Crippen molar-refractivity contribution >= 4 is 57.3 Å². The first-order chi connectivity index (χ1) is 14.1. The molecule has 1 aromatic heterocycles. The van der Waals surface area contributed by atoms with E-state index in [2.05, 4.69) is 33.1 Å². The minimum absolute atomic E-state index is 0. The summed E-state index contributed by atoms with van der Waals surface area (Å²) >= 11 is 1.60. The SMILES string of the molecule is CCNC(=NCc1ccc(C(=O)NC)cc1)NCC(O)c1cc2ccccc2s1.I. The summed E-state index contributed by atoms with van der Waals surface area (Å²) < 4.78 is 1.17. The summed E-state index contributed by atoms with van der Waals surface area (Å²) in [5.41, 5.74) is 1.62. The number of rotatable bonds is 7. The lowest BCUT2D eigenvalue weighted by atomic mass is 10.1. The van der Waals surface area contributed by atoms with Gasteiger partial charge in [0.05, 0.1) is 6.54 Å². The number of hydrogen-bond acceptors (Lipinski definition) is 4. The number of thiophene rings is 1. The first-order valence-corrected chi connectivity index (χ1v) is 10.4. The van der Waals surface area contributed by atoms with Gasteiger partial charge in [0.25, 0.3) is 5.91 Å². The van der Waals surface area contributed by atoms with Gasteiger partial charge in [0.1, 0.15) is 6.10 Å². The third kappa shape index (κ3) is 6.41. The van der Waals surface area contributed by atoms with Gasteiger partial charge in [-0.1, -0.05) is 30.3 Å². The molecule has 0 aliphatic rings.